The van der Waals surface area contributed by atoms with Gasteiger partial charge in [-0.1, -0.05) is 30.3 Å². The third-order valence-corrected chi connectivity index (χ3v) is 5.81. The molecule has 9 nitrogen and oxygen atoms in total. The van der Waals surface area contributed by atoms with Crippen LogP contribution in [0, 0.1) is 0 Å². The summed E-state index contributed by atoms with van der Waals surface area (Å²) >= 11 is 0. The van der Waals surface area contributed by atoms with Crippen LogP contribution in [-0.2, 0) is 11.2 Å². The summed E-state index contributed by atoms with van der Waals surface area (Å²) in [6, 6.07) is 14.8. The van der Waals surface area contributed by atoms with E-state index in [1.807, 2.05) is 48.5 Å². The summed E-state index contributed by atoms with van der Waals surface area (Å²) in [6.07, 6.45) is 1.70. The van der Waals surface area contributed by atoms with E-state index in [4.69, 9.17) is 4.74 Å². The number of benzene rings is 2. The van der Waals surface area contributed by atoms with Crippen molar-refractivity contribution in [2.24, 2.45) is 0 Å². The summed E-state index contributed by atoms with van der Waals surface area (Å²) in [5, 5.41) is 9.52. The zero-order valence-electron chi connectivity index (χ0n) is 17.7. The molecule has 2 aromatic carbocycles. The van der Waals surface area contributed by atoms with E-state index < -0.39 is 11.9 Å². The Morgan fingerprint density at radius 2 is 2.03 bits per heavy atom. The normalized spacial score (nSPS) is 17.8. The fourth-order valence-electron chi connectivity index (χ4n) is 3.85. The van der Waals surface area contributed by atoms with Gasteiger partial charge in [0.2, 0.25) is 5.82 Å². The summed E-state index contributed by atoms with van der Waals surface area (Å²) < 4.78 is 5.86. The van der Waals surface area contributed by atoms with Gasteiger partial charge in [-0.3, -0.25) is 14.7 Å². The van der Waals surface area contributed by atoms with Crippen molar-refractivity contribution in [3.63, 3.8) is 0 Å². The van der Waals surface area contributed by atoms with Crippen LogP contribution in [-0.4, -0.2) is 59.8 Å². The minimum absolute atomic E-state index is 0.00628. The third-order valence-electron chi connectivity index (χ3n) is 5.81. The van der Waals surface area contributed by atoms with E-state index in [1.165, 1.54) is 11.3 Å². The lowest BCUT2D eigenvalue weighted by atomic mass is 10.1. The lowest BCUT2D eigenvalue weighted by molar-refractivity contribution is -0.120. The number of carbonyl (C=O) groups is 2. The van der Waals surface area contributed by atoms with E-state index in [2.05, 4.69) is 25.4 Å². The molecular weight excluding hydrogens is 408 g/mol. The number of hydrogen-bond acceptors (Lipinski definition) is 6. The molecule has 1 atom stereocenters. The molecule has 0 aliphatic carbocycles. The fourth-order valence-corrected chi connectivity index (χ4v) is 3.85. The van der Waals surface area contributed by atoms with Gasteiger partial charge >= 0.3 is 0 Å². The van der Waals surface area contributed by atoms with Crippen LogP contribution in [0.4, 0.5) is 11.4 Å². The van der Waals surface area contributed by atoms with Crippen molar-refractivity contribution in [1.29, 1.82) is 0 Å². The van der Waals surface area contributed by atoms with Crippen LogP contribution in [0.25, 0.3) is 0 Å². The number of aromatic amines is 1. The van der Waals surface area contributed by atoms with E-state index >= 15 is 0 Å². The monoisotopic (exact) mass is 432 g/mol. The predicted octanol–water partition coefficient (Wildman–Crippen LogP) is 1.76. The van der Waals surface area contributed by atoms with Crippen molar-refractivity contribution < 1.29 is 14.3 Å². The van der Waals surface area contributed by atoms with Crippen LogP contribution in [0.2, 0.25) is 0 Å². The second-order valence-corrected chi connectivity index (χ2v) is 8.00. The molecule has 2 amide bonds. The molecule has 1 fully saturated rings. The Kier molecular flexibility index (Phi) is 5.22. The number of aromatic nitrogens is 3. The molecule has 1 saturated heterocycles. The number of fused-ring (bicyclic) bond motifs is 1. The van der Waals surface area contributed by atoms with Crippen molar-refractivity contribution in [3.8, 4) is 5.75 Å². The number of H-pyrrole nitrogens is 1. The maximum absolute atomic E-state index is 13.1. The highest BCUT2D eigenvalue weighted by atomic mass is 16.5. The van der Waals surface area contributed by atoms with Crippen molar-refractivity contribution >= 4 is 23.2 Å². The first-order chi connectivity index (χ1) is 15.6. The van der Waals surface area contributed by atoms with Gasteiger partial charge in [0.15, 0.2) is 0 Å². The van der Waals surface area contributed by atoms with Crippen molar-refractivity contribution in [1.82, 2.24) is 20.5 Å². The smallest absolute Gasteiger partial charge is 0.291 e. The van der Waals surface area contributed by atoms with E-state index in [1.54, 1.807) is 7.05 Å². The van der Waals surface area contributed by atoms with Crippen LogP contribution in [0.3, 0.4) is 0 Å². The zero-order chi connectivity index (χ0) is 22.1. The average molecular weight is 432 g/mol. The van der Waals surface area contributed by atoms with Crippen LogP contribution in [0.15, 0.2) is 48.5 Å². The van der Waals surface area contributed by atoms with Gasteiger partial charge in [-0.2, -0.15) is 0 Å². The Balaban J connectivity index is 1.27. The number of amides is 2. The van der Waals surface area contributed by atoms with Gasteiger partial charge < -0.3 is 19.9 Å². The predicted molar refractivity (Wildman–Crippen MR) is 119 cm³/mol. The molecule has 2 aliphatic heterocycles. The van der Waals surface area contributed by atoms with Gasteiger partial charge in [0.1, 0.15) is 24.2 Å². The SMILES string of the molecule is CN1C(=O)[C@@H](NC(=O)c2n[nH]c(Cc3ccccc3)n2)COc2ccc(N3CCC3)cc21. The molecule has 0 radical (unpaired) electrons. The maximum Gasteiger partial charge on any atom is 0.291 e. The number of anilines is 2. The summed E-state index contributed by atoms with van der Waals surface area (Å²) in [5.41, 5.74) is 2.81. The molecule has 5 rings (SSSR count). The van der Waals surface area contributed by atoms with E-state index in [-0.39, 0.29) is 18.3 Å². The summed E-state index contributed by atoms with van der Waals surface area (Å²) in [5.74, 6) is 0.409. The molecule has 3 aromatic rings. The Bertz CT molecular complexity index is 1140. The molecule has 3 heterocycles. The average Bonchev–Trinajstić information content (AvgIpc) is 3.20. The van der Waals surface area contributed by atoms with Crippen LogP contribution in [0.5, 0.6) is 5.75 Å². The number of carbonyl (C=O) groups excluding carboxylic acids is 2. The molecular formula is C23H24N6O3. The Hall–Kier alpha value is -3.88. The van der Waals surface area contributed by atoms with E-state index in [0.29, 0.717) is 23.7 Å². The Morgan fingerprint density at radius 1 is 1.22 bits per heavy atom. The maximum atomic E-state index is 13.1. The minimum atomic E-state index is -0.844. The second-order valence-electron chi connectivity index (χ2n) is 8.00. The van der Waals surface area contributed by atoms with Gasteiger partial charge in [-0.25, -0.2) is 4.98 Å². The highest BCUT2D eigenvalue weighted by Crippen LogP contribution is 2.35. The standard InChI is InChI=1S/C23H24N6O3/c1-28-18-13-16(29-10-5-11-29)8-9-19(18)32-14-17(23(28)31)24-22(30)21-25-20(26-27-21)12-15-6-3-2-4-7-15/h2-4,6-9,13,17H,5,10-12,14H2,1H3,(H,24,30)(H,25,26,27)/t17-/m0/s1. The minimum Gasteiger partial charge on any atom is -0.489 e. The van der Waals surface area contributed by atoms with E-state index in [0.717, 1.165) is 24.3 Å². The van der Waals surface area contributed by atoms with Crippen molar-refractivity contribution in [2.45, 2.75) is 18.9 Å². The number of nitrogens with zero attached hydrogens (tertiary/aromatic N) is 4. The number of likely N-dealkylation sites (N-methyl/N-ethyl adjacent to an activating group) is 1. The molecule has 2 N–H and O–H groups in total. The van der Waals surface area contributed by atoms with Crippen LogP contribution < -0.4 is 19.9 Å². The first kappa shape index (κ1) is 20.0. The lowest BCUT2D eigenvalue weighted by Gasteiger charge is -2.34. The number of nitrogens with one attached hydrogen (secondary N) is 2. The van der Waals surface area contributed by atoms with Crippen LogP contribution in [0.1, 0.15) is 28.4 Å². The molecule has 164 valence electrons. The molecule has 9 heteroatoms. The van der Waals surface area contributed by atoms with Crippen LogP contribution >= 0.6 is 0 Å². The zero-order valence-corrected chi connectivity index (χ0v) is 17.7. The molecule has 1 aromatic heterocycles. The third kappa shape index (κ3) is 3.89. The summed E-state index contributed by atoms with van der Waals surface area (Å²) in [6.45, 7) is 2.06. The highest BCUT2D eigenvalue weighted by molar-refractivity contribution is 6.02. The Morgan fingerprint density at radius 3 is 2.78 bits per heavy atom. The molecule has 0 unspecified atom stereocenters. The second kappa shape index (κ2) is 8.33. The molecule has 2 aliphatic rings. The largest absolute Gasteiger partial charge is 0.489 e. The number of rotatable bonds is 5. The van der Waals surface area contributed by atoms with Gasteiger partial charge in [0.05, 0.1) is 5.69 Å². The van der Waals surface area contributed by atoms with Gasteiger partial charge in [0.25, 0.3) is 11.8 Å². The quantitative estimate of drug-likeness (QED) is 0.637. The topological polar surface area (TPSA) is 103 Å². The molecule has 0 spiro atoms. The first-order valence-corrected chi connectivity index (χ1v) is 10.6. The van der Waals surface area contributed by atoms with Gasteiger partial charge in [-0.05, 0) is 30.2 Å². The summed E-state index contributed by atoms with van der Waals surface area (Å²) in [7, 11) is 1.69. The summed E-state index contributed by atoms with van der Waals surface area (Å²) in [4.78, 5) is 33.8. The number of ether oxygens (including phenoxy) is 1. The Labute approximate surface area is 185 Å². The molecule has 0 bridgehead atoms. The first-order valence-electron chi connectivity index (χ1n) is 10.6. The van der Waals surface area contributed by atoms with Crippen molar-refractivity contribution in [3.05, 3.63) is 65.7 Å². The van der Waals surface area contributed by atoms with Crippen molar-refractivity contribution in [2.75, 3.05) is 36.5 Å². The van der Waals surface area contributed by atoms with E-state index in [9.17, 15) is 9.59 Å². The number of hydrogen-bond donors (Lipinski definition) is 2. The highest BCUT2D eigenvalue weighted by Gasteiger charge is 2.32. The lowest BCUT2D eigenvalue weighted by Crippen LogP contribution is -2.49. The van der Waals surface area contributed by atoms with Gasteiger partial charge in [-0.15, -0.1) is 5.10 Å². The van der Waals surface area contributed by atoms with Gasteiger partial charge in [0, 0.05) is 32.2 Å². The molecule has 0 saturated carbocycles. The molecule has 32 heavy (non-hydrogen) atoms. The fraction of sp³-hybridized carbons (Fsp3) is 0.304.